The average Bonchev–Trinajstić information content (AvgIpc) is 3.31. The van der Waals surface area contributed by atoms with Crippen LogP contribution in [-0.2, 0) is 16.6 Å². The Morgan fingerprint density at radius 1 is 1.08 bits per heavy atom. The summed E-state index contributed by atoms with van der Waals surface area (Å²) in [4.78, 5) is 32.2. The molecule has 2 heterocycles. The zero-order chi connectivity index (χ0) is 28.7. The van der Waals surface area contributed by atoms with Crippen LogP contribution in [0.15, 0.2) is 48.7 Å². The van der Waals surface area contributed by atoms with Gasteiger partial charge in [0.25, 0.3) is 5.91 Å². The maximum Gasteiger partial charge on any atom is 0.333 e. The molecular weight excluding hydrogens is 521 g/mol. The van der Waals surface area contributed by atoms with Gasteiger partial charge in [0, 0.05) is 37.3 Å². The maximum absolute atomic E-state index is 14.7. The molecule has 10 nitrogen and oxygen atoms in total. The van der Waals surface area contributed by atoms with Crippen molar-refractivity contribution < 1.29 is 42.9 Å². The van der Waals surface area contributed by atoms with Crippen molar-refractivity contribution >= 4 is 17.8 Å². The molecule has 2 aromatic carbocycles. The highest BCUT2D eigenvalue weighted by Gasteiger charge is 2.29. The number of aliphatic hydroxyl groups excluding tert-OH is 1. The molecule has 1 aliphatic heterocycles. The van der Waals surface area contributed by atoms with E-state index in [1.54, 1.807) is 30.1 Å². The Morgan fingerprint density at radius 2 is 1.82 bits per heavy atom. The number of rotatable bonds is 7. The molecule has 13 heteroatoms. The van der Waals surface area contributed by atoms with E-state index in [9.17, 15) is 27.6 Å². The molecule has 0 saturated carbocycles. The van der Waals surface area contributed by atoms with Gasteiger partial charge < -0.3 is 26.0 Å². The number of amides is 1. The van der Waals surface area contributed by atoms with Gasteiger partial charge in [0.1, 0.15) is 5.82 Å². The van der Waals surface area contributed by atoms with Gasteiger partial charge in [-0.15, -0.1) is 0 Å². The van der Waals surface area contributed by atoms with Gasteiger partial charge in [-0.1, -0.05) is 12.1 Å². The van der Waals surface area contributed by atoms with Crippen LogP contribution in [0.5, 0.6) is 0 Å². The van der Waals surface area contributed by atoms with Gasteiger partial charge in [-0.25, -0.2) is 18.0 Å². The lowest BCUT2D eigenvalue weighted by Crippen LogP contribution is -2.50. The molecule has 3 atom stereocenters. The molecule has 39 heavy (non-hydrogen) atoms. The van der Waals surface area contributed by atoms with Crippen LogP contribution in [0.4, 0.5) is 13.2 Å². The standard InChI is InChI=1S/C22H21F3N4O.C4H6O5/c1-29-21(7-9-27-29)14-2-4-16(18(24)11-14)22(30)28-20-12-26-8-6-15(20)13-3-5-17(23)19(25)10-13;5-2(4(8)9)1-3(6)7/h2-5,7,9-11,15,20,26H,6,8,12H2,1H3,(H,28,30);2,5H,1H2,(H,6,7)(H,8,9)/t15-,20+;2-/m00/s1. The molecule has 1 aliphatic rings. The maximum atomic E-state index is 14.7. The number of aliphatic carboxylic acids is 2. The van der Waals surface area contributed by atoms with Gasteiger partial charge in [0.15, 0.2) is 17.7 Å². The predicted molar refractivity (Wildman–Crippen MR) is 132 cm³/mol. The zero-order valence-electron chi connectivity index (χ0n) is 20.8. The van der Waals surface area contributed by atoms with Crippen molar-refractivity contribution in [3.8, 4) is 11.3 Å². The molecule has 0 bridgehead atoms. The first-order valence-electron chi connectivity index (χ1n) is 11.8. The molecule has 1 aromatic heterocycles. The number of carboxylic acid groups (broad SMARTS) is 2. The van der Waals surface area contributed by atoms with Gasteiger partial charge in [-0.2, -0.15) is 5.10 Å². The number of carbonyl (C=O) groups is 3. The number of benzene rings is 2. The number of hydrogen-bond acceptors (Lipinski definition) is 6. The van der Waals surface area contributed by atoms with Crippen molar-refractivity contribution in [3.63, 3.8) is 0 Å². The summed E-state index contributed by atoms with van der Waals surface area (Å²) >= 11 is 0. The first kappa shape index (κ1) is 29.3. The van der Waals surface area contributed by atoms with Crippen molar-refractivity contribution in [1.29, 1.82) is 0 Å². The number of hydrogen-bond donors (Lipinski definition) is 5. The van der Waals surface area contributed by atoms with Crippen LogP contribution in [0.2, 0.25) is 0 Å². The Balaban J connectivity index is 0.000000403. The van der Waals surface area contributed by atoms with Crippen molar-refractivity contribution in [2.75, 3.05) is 13.1 Å². The van der Waals surface area contributed by atoms with Crippen LogP contribution in [0.1, 0.15) is 34.7 Å². The molecule has 1 fully saturated rings. The van der Waals surface area contributed by atoms with E-state index in [0.29, 0.717) is 30.6 Å². The van der Waals surface area contributed by atoms with Crippen LogP contribution >= 0.6 is 0 Å². The normalized spacial score (nSPS) is 17.5. The first-order chi connectivity index (χ1) is 18.5. The summed E-state index contributed by atoms with van der Waals surface area (Å²) in [7, 11) is 1.75. The van der Waals surface area contributed by atoms with Crippen LogP contribution in [0.3, 0.4) is 0 Å². The quantitative estimate of drug-likeness (QED) is 0.301. The van der Waals surface area contributed by atoms with Crippen molar-refractivity contribution in [2.24, 2.45) is 7.05 Å². The largest absolute Gasteiger partial charge is 0.481 e. The topological polar surface area (TPSA) is 154 Å². The third kappa shape index (κ3) is 7.65. The second-order valence-corrected chi connectivity index (χ2v) is 8.84. The molecule has 0 aliphatic carbocycles. The van der Waals surface area contributed by atoms with E-state index < -0.39 is 47.8 Å². The van der Waals surface area contributed by atoms with E-state index in [4.69, 9.17) is 15.3 Å². The third-order valence-corrected chi connectivity index (χ3v) is 6.15. The number of aromatic nitrogens is 2. The number of nitrogens with one attached hydrogen (secondary N) is 2. The molecule has 3 aromatic rings. The summed E-state index contributed by atoms with van der Waals surface area (Å²) in [6, 6.07) is 9.56. The second-order valence-electron chi connectivity index (χ2n) is 8.84. The lowest BCUT2D eigenvalue weighted by molar-refractivity contribution is -0.152. The van der Waals surface area contributed by atoms with Gasteiger partial charge in [0.05, 0.1) is 17.7 Å². The smallest absolute Gasteiger partial charge is 0.333 e. The van der Waals surface area contributed by atoms with E-state index in [0.717, 1.165) is 17.8 Å². The van der Waals surface area contributed by atoms with Crippen LogP contribution in [-0.4, -0.2) is 68.2 Å². The summed E-state index contributed by atoms with van der Waals surface area (Å²) in [5, 5.41) is 34.2. The molecule has 1 amide bonds. The van der Waals surface area contributed by atoms with Crippen molar-refractivity contribution in [3.05, 3.63) is 77.2 Å². The van der Waals surface area contributed by atoms with E-state index in [2.05, 4.69) is 15.7 Å². The highest BCUT2D eigenvalue weighted by molar-refractivity contribution is 5.95. The zero-order valence-corrected chi connectivity index (χ0v) is 20.8. The number of halogens is 3. The van der Waals surface area contributed by atoms with E-state index in [-0.39, 0.29) is 17.5 Å². The molecule has 0 unspecified atom stereocenters. The predicted octanol–water partition coefficient (Wildman–Crippen LogP) is 2.29. The molecule has 0 spiro atoms. The summed E-state index contributed by atoms with van der Waals surface area (Å²) < 4.78 is 43.3. The summed E-state index contributed by atoms with van der Waals surface area (Å²) in [6.07, 6.45) is -0.294. The molecule has 0 radical (unpaired) electrons. The minimum Gasteiger partial charge on any atom is -0.481 e. The minimum atomic E-state index is -1.79. The average molecular weight is 549 g/mol. The Morgan fingerprint density at radius 3 is 2.38 bits per heavy atom. The number of nitrogens with zero attached hydrogens (tertiary/aromatic N) is 2. The number of carbonyl (C=O) groups excluding carboxylic acids is 1. The van der Waals surface area contributed by atoms with E-state index in [1.165, 1.54) is 18.2 Å². The fraction of sp³-hybridized carbons (Fsp3) is 0.308. The Kier molecular flexibility index (Phi) is 9.79. The number of piperidine rings is 1. The Hall–Kier alpha value is -4.23. The summed E-state index contributed by atoms with van der Waals surface area (Å²) in [6.45, 7) is 1.13. The van der Waals surface area contributed by atoms with E-state index >= 15 is 0 Å². The SMILES string of the molecule is Cn1nccc1-c1ccc(C(=O)N[C@@H]2CNCC[C@H]2c2ccc(F)c(F)c2)c(F)c1.O=C(O)C[C@H](O)C(=O)O. The van der Waals surface area contributed by atoms with Gasteiger partial charge in [-0.05, 0) is 48.9 Å². The highest BCUT2D eigenvalue weighted by Crippen LogP contribution is 2.28. The third-order valence-electron chi connectivity index (χ3n) is 6.15. The first-order valence-corrected chi connectivity index (χ1v) is 11.8. The van der Waals surface area contributed by atoms with Crippen LogP contribution in [0, 0.1) is 17.5 Å². The minimum absolute atomic E-state index is 0.0736. The number of aryl methyl sites for hydroxylation is 1. The van der Waals surface area contributed by atoms with Crippen LogP contribution in [0.25, 0.3) is 11.3 Å². The molecular formula is C26H27F3N4O6. The van der Waals surface area contributed by atoms with Crippen molar-refractivity contribution in [2.45, 2.75) is 30.9 Å². The Bertz CT molecular complexity index is 1350. The molecule has 4 rings (SSSR count). The summed E-state index contributed by atoms with van der Waals surface area (Å²) in [5.74, 6) is -6.08. The highest BCUT2D eigenvalue weighted by atomic mass is 19.2. The second kappa shape index (κ2) is 13.0. The summed E-state index contributed by atoms with van der Waals surface area (Å²) in [5.41, 5.74) is 1.88. The van der Waals surface area contributed by atoms with Gasteiger partial charge in [-0.3, -0.25) is 14.3 Å². The number of aliphatic hydroxyl groups is 1. The van der Waals surface area contributed by atoms with E-state index in [1.807, 2.05) is 0 Å². The van der Waals surface area contributed by atoms with Gasteiger partial charge in [0.2, 0.25) is 0 Å². The monoisotopic (exact) mass is 548 g/mol. The lowest BCUT2D eigenvalue weighted by Gasteiger charge is -2.33. The molecule has 1 saturated heterocycles. The molecule has 5 N–H and O–H groups in total. The van der Waals surface area contributed by atoms with Gasteiger partial charge >= 0.3 is 11.9 Å². The lowest BCUT2D eigenvalue weighted by atomic mass is 9.85. The van der Waals surface area contributed by atoms with Crippen molar-refractivity contribution in [1.82, 2.24) is 20.4 Å². The molecule has 208 valence electrons. The number of carboxylic acids is 2. The fourth-order valence-electron chi connectivity index (χ4n) is 4.17. The van der Waals surface area contributed by atoms with Crippen LogP contribution < -0.4 is 10.6 Å². The Labute approximate surface area is 221 Å². The fourth-order valence-corrected chi connectivity index (χ4v) is 4.17.